The van der Waals surface area contributed by atoms with Crippen LogP contribution in [0.1, 0.15) is 24.8 Å². The van der Waals surface area contributed by atoms with Crippen LogP contribution in [0.4, 0.5) is 18.9 Å². The van der Waals surface area contributed by atoms with Gasteiger partial charge in [0.15, 0.2) is 0 Å². The Kier molecular flexibility index (Phi) is 5.83. The number of anilines is 1. The molecule has 0 saturated carbocycles. The second-order valence-corrected chi connectivity index (χ2v) is 4.57. The number of hydrogen-bond acceptors (Lipinski definition) is 2. The highest BCUT2D eigenvalue weighted by Gasteiger charge is 2.30. The lowest BCUT2D eigenvalue weighted by Crippen LogP contribution is -2.43. The van der Waals surface area contributed by atoms with Crippen LogP contribution in [0, 0.1) is 0 Å². The van der Waals surface area contributed by atoms with Gasteiger partial charge in [-0.2, -0.15) is 13.2 Å². The largest absolute Gasteiger partial charge is 0.416 e. The molecular formula is C13H16ClF3N2O. The molecule has 0 spiro atoms. The Morgan fingerprint density at radius 1 is 1.30 bits per heavy atom. The summed E-state index contributed by atoms with van der Waals surface area (Å²) in [6.45, 7) is 0.765. The van der Waals surface area contributed by atoms with Crippen LogP contribution in [-0.4, -0.2) is 18.5 Å². The van der Waals surface area contributed by atoms with Crippen molar-refractivity contribution in [3.63, 3.8) is 0 Å². The number of nitrogens with one attached hydrogen (secondary N) is 2. The summed E-state index contributed by atoms with van der Waals surface area (Å²) in [7, 11) is 0. The van der Waals surface area contributed by atoms with E-state index in [9.17, 15) is 18.0 Å². The lowest BCUT2D eigenvalue weighted by atomic mass is 10.0. The molecule has 1 amide bonds. The normalized spacial score (nSPS) is 19.1. The van der Waals surface area contributed by atoms with Gasteiger partial charge in [-0.05, 0) is 37.6 Å². The first-order chi connectivity index (χ1) is 8.97. The zero-order valence-corrected chi connectivity index (χ0v) is 11.5. The molecule has 0 unspecified atom stereocenters. The highest BCUT2D eigenvalue weighted by Crippen LogP contribution is 2.30. The number of piperidine rings is 1. The Hall–Kier alpha value is -1.27. The van der Waals surface area contributed by atoms with Crippen LogP contribution in [0.2, 0.25) is 0 Å². The Morgan fingerprint density at radius 2 is 2.05 bits per heavy atom. The molecule has 1 heterocycles. The minimum absolute atomic E-state index is 0. The van der Waals surface area contributed by atoms with E-state index in [-0.39, 0.29) is 30.0 Å². The molecular weight excluding hydrogens is 293 g/mol. The summed E-state index contributed by atoms with van der Waals surface area (Å²) in [5.41, 5.74) is -0.589. The first kappa shape index (κ1) is 16.8. The van der Waals surface area contributed by atoms with Crippen molar-refractivity contribution in [1.29, 1.82) is 0 Å². The van der Waals surface area contributed by atoms with Crippen molar-refractivity contribution in [1.82, 2.24) is 5.32 Å². The maximum Gasteiger partial charge on any atom is 0.416 e. The third-order valence-electron chi connectivity index (χ3n) is 3.08. The molecule has 112 valence electrons. The van der Waals surface area contributed by atoms with Gasteiger partial charge in [-0.25, -0.2) is 0 Å². The van der Waals surface area contributed by atoms with Gasteiger partial charge in [-0.3, -0.25) is 4.79 Å². The topological polar surface area (TPSA) is 41.1 Å². The zero-order valence-electron chi connectivity index (χ0n) is 10.7. The van der Waals surface area contributed by atoms with Crippen molar-refractivity contribution < 1.29 is 18.0 Å². The van der Waals surface area contributed by atoms with E-state index in [0.29, 0.717) is 6.42 Å². The molecule has 1 saturated heterocycles. The van der Waals surface area contributed by atoms with Gasteiger partial charge >= 0.3 is 6.18 Å². The second kappa shape index (κ2) is 6.95. The lowest BCUT2D eigenvalue weighted by Gasteiger charge is -2.22. The van der Waals surface area contributed by atoms with E-state index < -0.39 is 11.7 Å². The number of rotatable bonds is 2. The van der Waals surface area contributed by atoms with E-state index in [4.69, 9.17) is 0 Å². The van der Waals surface area contributed by atoms with E-state index in [2.05, 4.69) is 10.6 Å². The Balaban J connectivity index is 0.00000200. The zero-order chi connectivity index (χ0) is 13.9. The quantitative estimate of drug-likeness (QED) is 0.881. The van der Waals surface area contributed by atoms with Crippen molar-refractivity contribution in [3.05, 3.63) is 29.8 Å². The maximum atomic E-state index is 12.5. The molecule has 0 aliphatic carbocycles. The molecule has 7 heteroatoms. The smallest absolute Gasteiger partial charge is 0.325 e. The summed E-state index contributed by atoms with van der Waals surface area (Å²) in [5, 5.41) is 5.57. The van der Waals surface area contributed by atoms with E-state index >= 15 is 0 Å². The fourth-order valence-corrected chi connectivity index (χ4v) is 2.08. The third-order valence-corrected chi connectivity index (χ3v) is 3.08. The molecule has 0 aromatic heterocycles. The number of amides is 1. The molecule has 2 N–H and O–H groups in total. The van der Waals surface area contributed by atoms with Crippen molar-refractivity contribution in [2.45, 2.75) is 31.5 Å². The number of halogens is 4. The molecule has 1 aromatic carbocycles. The van der Waals surface area contributed by atoms with Gasteiger partial charge in [0, 0.05) is 5.69 Å². The molecule has 0 radical (unpaired) electrons. The standard InChI is InChI=1S/C13H15F3N2O.ClH/c14-13(15,16)9-4-3-5-10(8-9)18-12(19)11-6-1-2-7-17-11;/h3-5,8,11,17H,1-2,6-7H2,(H,18,19);1H/t11-;/m1./s1. The fraction of sp³-hybridized carbons (Fsp3) is 0.462. The van der Waals surface area contributed by atoms with Crippen LogP contribution in [-0.2, 0) is 11.0 Å². The third kappa shape index (κ3) is 4.38. The molecule has 3 nitrogen and oxygen atoms in total. The Labute approximate surface area is 121 Å². The van der Waals surface area contributed by atoms with Crippen molar-refractivity contribution in [3.8, 4) is 0 Å². The number of alkyl halides is 3. The van der Waals surface area contributed by atoms with Crippen LogP contribution >= 0.6 is 12.4 Å². The van der Waals surface area contributed by atoms with Gasteiger partial charge in [-0.15, -0.1) is 12.4 Å². The van der Waals surface area contributed by atoms with E-state index in [1.807, 2.05) is 0 Å². The van der Waals surface area contributed by atoms with Gasteiger partial charge in [0.05, 0.1) is 11.6 Å². The maximum absolute atomic E-state index is 12.5. The predicted molar refractivity (Wildman–Crippen MR) is 73.0 cm³/mol. The first-order valence-corrected chi connectivity index (χ1v) is 6.18. The van der Waals surface area contributed by atoms with Gasteiger partial charge in [0.2, 0.25) is 5.91 Å². The lowest BCUT2D eigenvalue weighted by molar-refractivity contribution is -0.137. The molecule has 1 aromatic rings. The van der Waals surface area contributed by atoms with Gasteiger partial charge in [0.25, 0.3) is 0 Å². The van der Waals surface area contributed by atoms with Crippen LogP contribution in [0.5, 0.6) is 0 Å². The van der Waals surface area contributed by atoms with Crippen LogP contribution < -0.4 is 10.6 Å². The predicted octanol–water partition coefficient (Wildman–Crippen LogP) is 3.21. The van der Waals surface area contributed by atoms with Crippen LogP contribution in [0.25, 0.3) is 0 Å². The first-order valence-electron chi connectivity index (χ1n) is 6.18. The second-order valence-electron chi connectivity index (χ2n) is 4.57. The molecule has 2 rings (SSSR count). The number of carbonyl (C=O) groups is 1. The van der Waals surface area contributed by atoms with Gasteiger partial charge < -0.3 is 10.6 Å². The van der Waals surface area contributed by atoms with Crippen LogP contribution in [0.15, 0.2) is 24.3 Å². The SMILES string of the molecule is Cl.O=C(Nc1cccc(C(F)(F)F)c1)[C@H]1CCCCN1. The summed E-state index contributed by atoms with van der Waals surface area (Å²) in [6.07, 6.45) is -1.71. The summed E-state index contributed by atoms with van der Waals surface area (Å²) < 4.78 is 37.6. The van der Waals surface area contributed by atoms with Crippen molar-refractivity contribution in [2.24, 2.45) is 0 Å². The van der Waals surface area contributed by atoms with Gasteiger partial charge in [0.1, 0.15) is 0 Å². The van der Waals surface area contributed by atoms with E-state index in [0.717, 1.165) is 31.5 Å². The summed E-state index contributed by atoms with van der Waals surface area (Å²) in [4.78, 5) is 11.9. The minimum atomic E-state index is -4.40. The highest BCUT2D eigenvalue weighted by molar-refractivity contribution is 5.94. The summed E-state index contributed by atoms with van der Waals surface area (Å²) >= 11 is 0. The average molecular weight is 309 g/mol. The molecule has 20 heavy (non-hydrogen) atoms. The summed E-state index contributed by atoms with van der Waals surface area (Å²) in [6, 6.07) is 4.35. The fourth-order valence-electron chi connectivity index (χ4n) is 2.08. The van der Waals surface area contributed by atoms with Gasteiger partial charge in [-0.1, -0.05) is 12.5 Å². The van der Waals surface area contributed by atoms with Crippen molar-refractivity contribution in [2.75, 3.05) is 11.9 Å². The minimum Gasteiger partial charge on any atom is -0.325 e. The molecule has 1 aliphatic heterocycles. The Morgan fingerprint density at radius 3 is 2.65 bits per heavy atom. The van der Waals surface area contributed by atoms with Crippen molar-refractivity contribution >= 4 is 24.0 Å². The average Bonchev–Trinajstić information content (AvgIpc) is 2.39. The molecule has 1 fully saturated rings. The summed E-state index contributed by atoms with van der Waals surface area (Å²) in [5.74, 6) is -0.279. The number of carbonyl (C=O) groups excluding carboxylic acids is 1. The molecule has 1 atom stereocenters. The molecule has 1 aliphatic rings. The number of benzene rings is 1. The Bertz CT molecular complexity index is 459. The van der Waals surface area contributed by atoms with Crippen LogP contribution in [0.3, 0.4) is 0 Å². The van der Waals surface area contributed by atoms with E-state index in [1.54, 1.807) is 0 Å². The van der Waals surface area contributed by atoms with E-state index in [1.165, 1.54) is 12.1 Å². The monoisotopic (exact) mass is 308 g/mol. The molecule has 0 bridgehead atoms. The number of hydrogen-bond donors (Lipinski definition) is 2. The highest BCUT2D eigenvalue weighted by atomic mass is 35.5.